The number of fused-ring (bicyclic) bond motifs is 3. The molecule has 29 heavy (non-hydrogen) atoms. The Hall–Kier alpha value is -3.58. The highest BCUT2D eigenvalue weighted by Gasteiger charge is 2.56. The van der Waals surface area contributed by atoms with E-state index in [4.69, 9.17) is 4.74 Å². The van der Waals surface area contributed by atoms with E-state index < -0.39 is 35.3 Å². The molecule has 1 fully saturated rings. The highest BCUT2D eigenvalue weighted by atomic mass is 16.6. The molecule has 2 aromatic carbocycles. The molecular formula is C22H14O7. The van der Waals surface area contributed by atoms with Crippen LogP contribution >= 0.6 is 0 Å². The third-order valence-electron chi connectivity index (χ3n) is 5.56. The van der Waals surface area contributed by atoms with Crippen molar-refractivity contribution in [3.8, 4) is 11.5 Å². The zero-order valence-electron chi connectivity index (χ0n) is 15.4. The number of aromatic hydroxyl groups is 2. The van der Waals surface area contributed by atoms with Crippen molar-refractivity contribution in [2.45, 2.75) is 26.1 Å². The number of epoxide rings is 1. The van der Waals surface area contributed by atoms with Gasteiger partial charge in [-0.2, -0.15) is 0 Å². The number of aryl methyl sites for hydroxylation is 2. The van der Waals surface area contributed by atoms with Gasteiger partial charge in [-0.1, -0.05) is 0 Å². The van der Waals surface area contributed by atoms with E-state index in [1.807, 2.05) is 0 Å². The van der Waals surface area contributed by atoms with Crippen molar-refractivity contribution in [2.75, 3.05) is 0 Å². The topological polar surface area (TPSA) is 121 Å². The molecule has 144 valence electrons. The first-order chi connectivity index (χ1) is 13.7. The third-order valence-corrected chi connectivity index (χ3v) is 5.56. The smallest absolute Gasteiger partial charge is 0.199 e. The lowest BCUT2D eigenvalue weighted by Gasteiger charge is -2.22. The number of allylic oxidation sites excluding steroid dienone is 2. The van der Waals surface area contributed by atoms with E-state index in [1.54, 1.807) is 13.8 Å². The van der Waals surface area contributed by atoms with Crippen molar-refractivity contribution in [1.82, 2.24) is 0 Å². The van der Waals surface area contributed by atoms with Gasteiger partial charge in [-0.3, -0.25) is 19.2 Å². The number of phenols is 2. The van der Waals surface area contributed by atoms with Crippen LogP contribution in [0.25, 0.3) is 5.57 Å². The molecule has 2 aliphatic carbocycles. The molecule has 0 saturated carbocycles. The van der Waals surface area contributed by atoms with E-state index in [1.165, 1.54) is 18.2 Å². The summed E-state index contributed by atoms with van der Waals surface area (Å²) >= 11 is 0. The number of carbonyl (C=O) groups is 4. The quantitative estimate of drug-likeness (QED) is 0.717. The van der Waals surface area contributed by atoms with E-state index in [-0.39, 0.29) is 44.9 Å². The number of rotatable bonds is 1. The Morgan fingerprint density at radius 2 is 1.52 bits per heavy atom. The monoisotopic (exact) mass is 390 g/mol. The SMILES string of the molecule is Cc1cc(O)c2c(c1)C(=O)C(c1c(C)cc3c(c1O)C(=O)[C@H]1O[C@@H]1C3=O)=CC2=O. The van der Waals surface area contributed by atoms with Crippen LogP contribution in [0.1, 0.15) is 58.1 Å². The molecular weight excluding hydrogens is 376 g/mol. The molecule has 7 nitrogen and oxygen atoms in total. The standard InChI is InChI=1S/C22H14O7/c1-7-3-9-15(12(23)4-7)13(24)6-11(17(9)25)14-8(2)5-10-16(19(14)27)20(28)22-21(29-22)18(10)26/h3-6,21-23,27H,1-2H3/t21-,22-/m1/s1. The Morgan fingerprint density at radius 1 is 0.828 bits per heavy atom. The Bertz CT molecular complexity index is 1250. The van der Waals surface area contributed by atoms with Crippen molar-refractivity contribution in [3.05, 3.63) is 63.2 Å². The summed E-state index contributed by atoms with van der Waals surface area (Å²) in [6.07, 6.45) is -0.677. The maximum absolute atomic E-state index is 13.1. The van der Waals surface area contributed by atoms with Crippen molar-refractivity contribution in [1.29, 1.82) is 0 Å². The Morgan fingerprint density at radius 3 is 2.24 bits per heavy atom. The van der Waals surface area contributed by atoms with Gasteiger partial charge in [0.25, 0.3) is 0 Å². The van der Waals surface area contributed by atoms with E-state index in [2.05, 4.69) is 0 Å². The maximum Gasteiger partial charge on any atom is 0.199 e. The van der Waals surface area contributed by atoms with Gasteiger partial charge in [0.1, 0.15) is 11.5 Å². The second-order valence-corrected chi connectivity index (χ2v) is 7.50. The molecule has 0 bridgehead atoms. The lowest BCUT2D eigenvalue weighted by Crippen LogP contribution is -2.27. The van der Waals surface area contributed by atoms with Crippen molar-refractivity contribution in [2.24, 2.45) is 0 Å². The van der Waals surface area contributed by atoms with Gasteiger partial charge in [-0.25, -0.2) is 0 Å². The highest BCUT2D eigenvalue weighted by Crippen LogP contribution is 2.45. The third kappa shape index (κ3) is 2.22. The van der Waals surface area contributed by atoms with Crippen LogP contribution in [0.15, 0.2) is 24.3 Å². The molecule has 0 spiro atoms. The van der Waals surface area contributed by atoms with Crippen LogP contribution in [0.4, 0.5) is 0 Å². The van der Waals surface area contributed by atoms with Crippen LogP contribution in [0, 0.1) is 13.8 Å². The van der Waals surface area contributed by atoms with Crippen LogP contribution in [0.5, 0.6) is 11.5 Å². The molecule has 1 saturated heterocycles. The van der Waals surface area contributed by atoms with Gasteiger partial charge < -0.3 is 14.9 Å². The molecule has 0 aromatic heterocycles. The Balaban J connectivity index is 1.74. The first-order valence-electron chi connectivity index (χ1n) is 8.96. The number of benzene rings is 2. The lowest BCUT2D eigenvalue weighted by atomic mass is 9.79. The molecule has 1 aliphatic heterocycles. The van der Waals surface area contributed by atoms with Gasteiger partial charge >= 0.3 is 0 Å². The summed E-state index contributed by atoms with van der Waals surface area (Å²) in [5, 5.41) is 21.0. The van der Waals surface area contributed by atoms with Crippen LogP contribution in [0.3, 0.4) is 0 Å². The number of carbonyl (C=O) groups excluding carboxylic acids is 4. The largest absolute Gasteiger partial charge is 0.507 e. The first-order valence-corrected chi connectivity index (χ1v) is 8.96. The second-order valence-electron chi connectivity index (χ2n) is 7.50. The van der Waals surface area contributed by atoms with Gasteiger partial charge in [0.2, 0.25) is 0 Å². The predicted octanol–water partition coefficient (Wildman–Crippen LogP) is 2.32. The van der Waals surface area contributed by atoms with Crippen LogP contribution in [0.2, 0.25) is 0 Å². The number of ether oxygens (including phenoxy) is 1. The fourth-order valence-electron chi connectivity index (χ4n) is 4.20. The molecule has 5 rings (SSSR count). The molecule has 0 amide bonds. The van der Waals surface area contributed by atoms with E-state index in [9.17, 15) is 29.4 Å². The minimum Gasteiger partial charge on any atom is -0.507 e. The van der Waals surface area contributed by atoms with Gasteiger partial charge in [0.15, 0.2) is 35.3 Å². The van der Waals surface area contributed by atoms with E-state index in [0.717, 1.165) is 6.08 Å². The molecule has 2 atom stereocenters. The average molecular weight is 390 g/mol. The predicted molar refractivity (Wildman–Crippen MR) is 99.6 cm³/mol. The van der Waals surface area contributed by atoms with Gasteiger partial charge in [0, 0.05) is 22.3 Å². The summed E-state index contributed by atoms with van der Waals surface area (Å²) in [6.45, 7) is 3.25. The highest BCUT2D eigenvalue weighted by molar-refractivity contribution is 6.40. The Labute approximate surface area is 164 Å². The van der Waals surface area contributed by atoms with Crippen LogP contribution < -0.4 is 0 Å². The fraction of sp³-hybridized carbons (Fsp3) is 0.182. The minimum atomic E-state index is -0.908. The summed E-state index contributed by atoms with van der Waals surface area (Å²) in [5.74, 6) is -2.87. The zero-order chi connectivity index (χ0) is 20.8. The average Bonchev–Trinajstić information content (AvgIpc) is 3.44. The minimum absolute atomic E-state index is 0.0222. The van der Waals surface area contributed by atoms with Crippen LogP contribution in [-0.2, 0) is 4.74 Å². The molecule has 2 N–H and O–H groups in total. The normalized spacial score (nSPS) is 22.1. The maximum atomic E-state index is 13.1. The summed E-state index contributed by atoms with van der Waals surface area (Å²) in [5.41, 5.74) is 0.680. The number of hydrogen-bond acceptors (Lipinski definition) is 7. The fourth-order valence-corrected chi connectivity index (χ4v) is 4.20. The number of ketones is 4. The molecule has 0 unspecified atom stereocenters. The van der Waals surface area contributed by atoms with Gasteiger partial charge in [0.05, 0.1) is 11.1 Å². The van der Waals surface area contributed by atoms with Crippen molar-refractivity contribution in [3.63, 3.8) is 0 Å². The van der Waals surface area contributed by atoms with Gasteiger partial charge in [-0.05, 0) is 49.2 Å². The molecule has 2 aromatic rings. The van der Waals surface area contributed by atoms with Crippen molar-refractivity contribution >= 4 is 28.7 Å². The number of Topliss-reactive ketones (excluding diaryl/α,β-unsaturated/α-hetero) is 3. The number of phenolic OH excluding ortho intramolecular Hbond substituents is 2. The molecule has 3 aliphatic rings. The molecule has 1 heterocycles. The van der Waals surface area contributed by atoms with E-state index >= 15 is 0 Å². The van der Waals surface area contributed by atoms with Crippen LogP contribution in [-0.4, -0.2) is 45.6 Å². The lowest BCUT2D eigenvalue weighted by molar-refractivity contribution is 0.0919. The van der Waals surface area contributed by atoms with E-state index in [0.29, 0.717) is 11.1 Å². The number of hydrogen-bond donors (Lipinski definition) is 2. The second kappa shape index (κ2) is 5.48. The summed E-state index contributed by atoms with van der Waals surface area (Å²) in [7, 11) is 0. The van der Waals surface area contributed by atoms with Gasteiger partial charge in [-0.15, -0.1) is 0 Å². The summed E-state index contributed by atoms with van der Waals surface area (Å²) < 4.78 is 5.10. The summed E-state index contributed by atoms with van der Waals surface area (Å²) in [6, 6.07) is 4.32. The zero-order valence-corrected chi connectivity index (χ0v) is 15.4. The molecule has 7 heteroatoms. The Kier molecular flexibility index (Phi) is 3.31. The van der Waals surface area contributed by atoms with Crippen molar-refractivity contribution < 1.29 is 34.1 Å². The summed E-state index contributed by atoms with van der Waals surface area (Å²) in [4.78, 5) is 50.7. The first kappa shape index (κ1) is 17.5. The molecule has 0 radical (unpaired) electrons.